The smallest absolute Gasteiger partial charge is 0.278 e. The first-order chi connectivity index (χ1) is 18.5. The summed E-state index contributed by atoms with van der Waals surface area (Å²) in [5.74, 6) is 1.04. The zero-order valence-electron chi connectivity index (χ0n) is 21.9. The van der Waals surface area contributed by atoms with Crippen LogP contribution >= 0.6 is 0 Å². The number of pyridine rings is 1. The van der Waals surface area contributed by atoms with E-state index in [1.165, 1.54) is 0 Å². The number of nitrogens with zero attached hydrogens (tertiary/aromatic N) is 5. The van der Waals surface area contributed by atoms with Gasteiger partial charge in [0.05, 0.1) is 12.2 Å². The van der Waals surface area contributed by atoms with Crippen LogP contribution in [0.4, 0.5) is 5.95 Å². The van der Waals surface area contributed by atoms with Gasteiger partial charge in [-0.2, -0.15) is 4.98 Å². The predicted molar refractivity (Wildman–Crippen MR) is 147 cm³/mol. The van der Waals surface area contributed by atoms with Crippen molar-refractivity contribution in [3.05, 3.63) is 52.6 Å². The predicted octanol–water partition coefficient (Wildman–Crippen LogP) is 0.801. The molecule has 11 heteroatoms. The quantitative estimate of drug-likeness (QED) is 0.184. The molecule has 1 unspecified atom stereocenters. The maximum Gasteiger partial charge on any atom is 0.278 e. The molecule has 2 fully saturated rings. The van der Waals surface area contributed by atoms with Crippen molar-refractivity contribution in [3.63, 3.8) is 0 Å². The van der Waals surface area contributed by atoms with Crippen LogP contribution in [-0.2, 0) is 18.6 Å². The summed E-state index contributed by atoms with van der Waals surface area (Å²) in [5, 5.41) is 25.5. The molecule has 0 spiro atoms. The van der Waals surface area contributed by atoms with Crippen molar-refractivity contribution in [1.29, 1.82) is 0 Å². The van der Waals surface area contributed by atoms with E-state index in [4.69, 9.17) is 9.97 Å². The molecule has 1 saturated carbocycles. The number of aliphatic hydroxyl groups is 1. The highest BCUT2D eigenvalue weighted by molar-refractivity contribution is 5.76. The van der Waals surface area contributed by atoms with Gasteiger partial charge < -0.3 is 26.4 Å². The van der Waals surface area contributed by atoms with Crippen LogP contribution in [0, 0.1) is 0 Å². The van der Waals surface area contributed by atoms with Gasteiger partial charge in [0.1, 0.15) is 11.0 Å². The van der Waals surface area contributed by atoms with Crippen LogP contribution in [0.1, 0.15) is 43.9 Å². The highest BCUT2D eigenvalue weighted by Gasteiger charge is 2.37. The highest BCUT2D eigenvalue weighted by atomic mass is 16.3. The van der Waals surface area contributed by atoms with Crippen molar-refractivity contribution in [2.45, 2.75) is 69.3 Å². The zero-order chi connectivity index (χ0) is 26.3. The molecule has 4 heterocycles. The van der Waals surface area contributed by atoms with Crippen molar-refractivity contribution in [3.8, 4) is 5.82 Å². The van der Waals surface area contributed by atoms with Crippen molar-refractivity contribution in [2.75, 3.05) is 31.5 Å². The maximum absolute atomic E-state index is 13.3. The van der Waals surface area contributed by atoms with E-state index in [9.17, 15) is 9.90 Å². The second-order valence-electron chi connectivity index (χ2n) is 10.7. The Morgan fingerprint density at radius 2 is 2.03 bits per heavy atom. The molecule has 38 heavy (non-hydrogen) atoms. The first-order valence-corrected chi connectivity index (χ1v) is 13.8. The Kier molecular flexibility index (Phi) is 6.77. The minimum Gasteiger partial charge on any atom is -0.384 e. The molecule has 0 radical (unpaired) electrons. The van der Waals surface area contributed by atoms with E-state index in [-0.39, 0.29) is 11.6 Å². The van der Waals surface area contributed by atoms with Gasteiger partial charge in [-0.1, -0.05) is 19.1 Å². The van der Waals surface area contributed by atoms with Crippen LogP contribution in [0.15, 0.2) is 35.8 Å². The van der Waals surface area contributed by atoms with Crippen LogP contribution in [0.25, 0.3) is 16.9 Å². The SMILES string of the molecule is C=CCn1c(=O)c2cnc(NC3CC[C@@H]3NCCNC3CNC3)nc2n1-c1ccc2c(n1)[C@](O)(CC)CC2. The van der Waals surface area contributed by atoms with E-state index in [1.54, 1.807) is 21.6 Å². The molecule has 3 aliphatic rings. The lowest BCUT2D eigenvalue weighted by molar-refractivity contribution is 0.0306. The molecule has 1 aliphatic heterocycles. The van der Waals surface area contributed by atoms with E-state index in [0.717, 1.165) is 51.0 Å². The lowest BCUT2D eigenvalue weighted by Gasteiger charge is -2.38. The Morgan fingerprint density at radius 1 is 1.21 bits per heavy atom. The fourth-order valence-corrected chi connectivity index (χ4v) is 5.67. The van der Waals surface area contributed by atoms with Crippen LogP contribution in [-0.4, -0.2) is 73.7 Å². The molecular weight excluding hydrogens is 482 g/mol. The summed E-state index contributed by atoms with van der Waals surface area (Å²) in [6.45, 7) is 10.1. The summed E-state index contributed by atoms with van der Waals surface area (Å²) in [5.41, 5.74) is 1.08. The number of allylic oxidation sites excluding steroid dienone is 1. The Hall–Kier alpha value is -3.12. The minimum absolute atomic E-state index is 0.197. The van der Waals surface area contributed by atoms with Gasteiger partial charge in [-0.25, -0.2) is 19.3 Å². The third kappa shape index (κ3) is 4.43. The van der Waals surface area contributed by atoms with Crippen LogP contribution in [0.2, 0.25) is 0 Å². The van der Waals surface area contributed by atoms with Gasteiger partial charge in [0.25, 0.3) is 5.56 Å². The summed E-state index contributed by atoms with van der Waals surface area (Å²) >= 11 is 0. The molecule has 0 aromatic carbocycles. The number of anilines is 1. The van der Waals surface area contributed by atoms with E-state index < -0.39 is 5.60 Å². The van der Waals surface area contributed by atoms with Gasteiger partial charge in [0, 0.05) is 50.5 Å². The molecule has 0 bridgehead atoms. The van der Waals surface area contributed by atoms with Crippen molar-refractivity contribution < 1.29 is 5.11 Å². The van der Waals surface area contributed by atoms with E-state index in [2.05, 4.69) is 32.8 Å². The number of nitrogens with one attached hydrogen (secondary N) is 4. The number of rotatable bonds is 11. The molecule has 1 saturated heterocycles. The molecule has 11 nitrogen and oxygen atoms in total. The minimum atomic E-state index is -0.948. The van der Waals surface area contributed by atoms with Crippen molar-refractivity contribution >= 4 is 17.0 Å². The normalized spacial score (nSPS) is 24.7. The fourth-order valence-electron chi connectivity index (χ4n) is 5.67. The molecule has 6 rings (SSSR count). The summed E-state index contributed by atoms with van der Waals surface area (Å²) in [6, 6.07) is 5.07. The Balaban J connectivity index is 1.27. The Morgan fingerprint density at radius 3 is 2.74 bits per heavy atom. The summed E-state index contributed by atoms with van der Waals surface area (Å²) in [7, 11) is 0. The van der Waals surface area contributed by atoms with Crippen molar-refractivity contribution in [1.82, 2.24) is 40.3 Å². The van der Waals surface area contributed by atoms with E-state index >= 15 is 0 Å². The van der Waals surface area contributed by atoms with Crippen LogP contribution in [0.5, 0.6) is 0 Å². The number of hydrogen-bond donors (Lipinski definition) is 5. The average molecular weight is 520 g/mol. The molecule has 5 N–H and O–H groups in total. The summed E-state index contributed by atoms with van der Waals surface area (Å²) < 4.78 is 3.31. The highest BCUT2D eigenvalue weighted by Crippen LogP contribution is 2.38. The monoisotopic (exact) mass is 519 g/mol. The number of fused-ring (bicyclic) bond motifs is 2. The van der Waals surface area contributed by atoms with Gasteiger partial charge in [-0.05, 0) is 43.7 Å². The first-order valence-electron chi connectivity index (χ1n) is 13.8. The van der Waals surface area contributed by atoms with Gasteiger partial charge in [-0.3, -0.25) is 4.79 Å². The summed E-state index contributed by atoms with van der Waals surface area (Å²) in [6.07, 6.45) is 7.44. The first kappa shape index (κ1) is 25.2. The molecule has 2 aliphatic carbocycles. The topological polar surface area (TPSA) is 134 Å². The van der Waals surface area contributed by atoms with Gasteiger partial charge in [0.15, 0.2) is 11.5 Å². The molecule has 3 aromatic heterocycles. The van der Waals surface area contributed by atoms with Crippen LogP contribution < -0.4 is 26.8 Å². The second-order valence-corrected chi connectivity index (χ2v) is 10.7. The molecule has 0 amide bonds. The number of hydrogen-bond acceptors (Lipinski definition) is 9. The lowest BCUT2D eigenvalue weighted by Crippen LogP contribution is -2.58. The van der Waals surface area contributed by atoms with Gasteiger partial charge in [0.2, 0.25) is 5.95 Å². The van der Waals surface area contributed by atoms with E-state index in [0.29, 0.717) is 60.0 Å². The fraction of sp³-hybridized carbons (Fsp3) is 0.556. The molecule has 202 valence electrons. The average Bonchev–Trinajstić information content (AvgIpc) is 3.37. The largest absolute Gasteiger partial charge is 0.384 e. The van der Waals surface area contributed by atoms with Gasteiger partial charge in [-0.15, -0.1) is 6.58 Å². The zero-order valence-corrected chi connectivity index (χ0v) is 21.9. The van der Waals surface area contributed by atoms with Crippen LogP contribution in [0.3, 0.4) is 0 Å². The third-order valence-corrected chi connectivity index (χ3v) is 8.33. The van der Waals surface area contributed by atoms with Gasteiger partial charge >= 0.3 is 0 Å². The third-order valence-electron chi connectivity index (χ3n) is 8.33. The molecular formula is C27H37N9O2. The maximum atomic E-state index is 13.3. The van der Waals surface area contributed by atoms with Crippen molar-refractivity contribution in [2.24, 2.45) is 0 Å². The Bertz CT molecular complexity index is 1400. The lowest BCUT2D eigenvalue weighted by atomic mass is 9.86. The standard InChI is InChI=1S/C27H37N9O2/c1-3-13-35-25(37)19-16-31-26(32-21-7-6-20(21)30-12-11-29-18-14-28-15-18)34-24(19)36(35)22-8-5-17-9-10-27(38,4-2)23(17)33-22/h3,5,8,16,18,20-21,28-30,38H,1,4,6-7,9-15H2,2H3,(H,31,32,34)/t20-,21?,27-/m0/s1. The molecule has 3 aromatic rings. The second kappa shape index (κ2) is 10.2. The molecule has 3 atom stereocenters. The number of aromatic nitrogens is 5. The number of aryl methyl sites for hydroxylation is 1. The summed E-state index contributed by atoms with van der Waals surface area (Å²) in [4.78, 5) is 27.4. The Labute approximate surface area is 221 Å². The van der Waals surface area contributed by atoms with E-state index in [1.807, 2.05) is 19.1 Å².